The van der Waals surface area contributed by atoms with Crippen LogP contribution in [0.15, 0.2) is 0 Å². The summed E-state index contributed by atoms with van der Waals surface area (Å²) in [7, 11) is 1.73. The van der Waals surface area contributed by atoms with Gasteiger partial charge in [-0.15, -0.1) is 0 Å². The summed E-state index contributed by atoms with van der Waals surface area (Å²) >= 11 is 0. The van der Waals surface area contributed by atoms with E-state index in [4.69, 9.17) is 10.5 Å². The molecular weight excluding hydrogens is 192 g/mol. The first-order chi connectivity index (χ1) is 6.98. The van der Waals surface area contributed by atoms with E-state index in [-0.39, 0.29) is 11.5 Å². The maximum Gasteiger partial charge on any atom is 0.217 e. The normalized spacial score (nSPS) is 11.7. The number of carbonyl (C=O) groups excluding carboxylic acids is 1. The van der Waals surface area contributed by atoms with Gasteiger partial charge in [0.2, 0.25) is 5.91 Å². The summed E-state index contributed by atoms with van der Waals surface area (Å²) in [5.41, 5.74) is 4.98. The van der Waals surface area contributed by atoms with Crippen LogP contribution in [0.5, 0.6) is 0 Å². The molecule has 0 aromatic heterocycles. The third-order valence-corrected chi connectivity index (χ3v) is 2.48. The molecule has 0 aliphatic carbocycles. The van der Waals surface area contributed by atoms with Crippen molar-refractivity contribution in [3.63, 3.8) is 0 Å². The van der Waals surface area contributed by atoms with E-state index in [0.29, 0.717) is 6.42 Å². The van der Waals surface area contributed by atoms with Gasteiger partial charge >= 0.3 is 0 Å². The molecule has 0 rings (SSSR count). The van der Waals surface area contributed by atoms with Gasteiger partial charge in [-0.1, -0.05) is 0 Å². The van der Waals surface area contributed by atoms with Crippen molar-refractivity contribution in [3.8, 4) is 0 Å². The van der Waals surface area contributed by atoms with Crippen LogP contribution >= 0.6 is 0 Å². The van der Waals surface area contributed by atoms with Crippen LogP contribution in [-0.2, 0) is 9.53 Å². The Morgan fingerprint density at radius 1 is 1.33 bits per heavy atom. The molecule has 0 atom stereocenters. The van der Waals surface area contributed by atoms with E-state index in [1.54, 1.807) is 7.11 Å². The van der Waals surface area contributed by atoms with Crippen molar-refractivity contribution >= 4 is 5.91 Å². The number of amides is 1. The highest BCUT2D eigenvalue weighted by atomic mass is 16.5. The zero-order valence-corrected chi connectivity index (χ0v) is 10.1. The topological polar surface area (TPSA) is 64.3 Å². The summed E-state index contributed by atoms with van der Waals surface area (Å²) in [6, 6.07) is 0. The highest BCUT2D eigenvalue weighted by Crippen LogP contribution is 2.11. The maximum atomic E-state index is 10.4. The Labute approximate surface area is 92.6 Å². The molecule has 15 heavy (non-hydrogen) atoms. The molecule has 0 aromatic carbocycles. The van der Waals surface area contributed by atoms with E-state index in [1.807, 2.05) is 0 Å². The fourth-order valence-corrected chi connectivity index (χ4v) is 1.17. The maximum absolute atomic E-state index is 10.4. The Morgan fingerprint density at radius 3 is 2.53 bits per heavy atom. The third kappa shape index (κ3) is 9.69. The van der Waals surface area contributed by atoms with Crippen molar-refractivity contribution in [2.24, 2.45) is 5.73 Å². The number of rotatable bonds is 9. The lowest BCUT2D eigenvalue weighted by molar-refractivity contribution is -0.118. The van der Waals surface area contributed by atoms with E-state index < -0.39 is 0 Å². The SMILES string of the molecule is COC(C)(C)CCNCCCCC(N)=O. The van der Waals surface area contributed by atoms with Gasteiger partial charge in [0.1, 0.15) is 0 Å². The number of nitrogens with one attached hydrogen (secondary N) is 1. The Bertz CT molecular complexity index is 181. The number of carbonyl (C=O) groups is 1. The molecule has 3 N–H and O–H groups in total. The summed E-state index contributed by atoms with van der Waals surface area (Å²) in [6.07, 6.45) is 3.34. The Morgan fingerprint density at radius 2 is 2.00 bits per heavy atom. The predicted molar refractivity (Wildman–Crippen MR) is 61.6 cm³/mol. The lowest BCUT2D eigenvalue weighted by Gasteiger charge is -2.22. The minimum atomic E-state index is -0.212. The van der Waals surface area contributed by atoms with E-state index >= 15 is 0 Å². The van der Waals surface area contributed by atoms with Gasteiger partial charge in [0.25, 0.3) is 0 Å². The van der Waals surface area contributed by atoms with Crippen molar-refractivity contribution in [1.82, 2.24) is 5.32 Å². The molecule has 0 unspecified atom stereocenters. The first kappa shape index (κ1) is 14.4. The summed E-state index contributed by atoms with van der Waals surface area (Å²) in [5.74, 6) is -0.212. The molecule has 0 aliphatic rings. The Kier molecular flexibility index (Phi) is 7.34. The standard InChI is InChI=1S/C11H24N2O2/c1-11(2,15-3)7-9-13-8-5-4-6-10(12)14/h13H,4-9H2,1-3H3,(H2,12,14). The van der Waals surface area contributed by atoms with Gasteiger partial charge < -0.3 is 15.8 Å². The zero-order chi connectivity index (χ0) is 11.7. The Hall–Kier alpha value is -0.610. The predicted octanol–water partition coefficient (Wildman–Crippen LogP) is 1.05. The third-order valence-electron chi connectivity index (χ3n) is 2.48. The largest absolute Gasteiger partial charge is 0.379 e. The molecule has 0 fully saturated rings. The minimum absolute atomic E-state index is 0.0553. The molecule has 0 bridgehead atoms. The monoisotopic (exact) mass is 216 g/mol. The molecule has 0 saturated heterocycles. The van der Waals surface area contributed by atoms with Gasteiger partial charge in [-0.25, -0.2) is 0 Å². The summed E-state index contributed by atoms with van der Waals surface area (Å²) in [6.45, 7) is 6.02. The quantitative estimate of drug-likeness (QED) is 0.566. The summed E-state index contributed by atoms with van der Waals surface area (Å²) in [4.78, 5) is 10.4. The molecule has 0 heterocycles. The van der Waals surface area contributed by atoms with Crippen LogP contribution in [0, 0.1) is 0 Å². The van der Waals surface area contributed by atoms with Crippen LogP contribution in [0.25, 0.3) is 0 Å². The first-order valence-electron chi connectivity index (χ1n) is 5.52. The van der Waals surface area contributed by atoms with Crippen LogP contribution in [0.1, 0.15) is 39.5 Å². The molecule has 0 spiro atoms. The molecule has 0 aromatic rings. The molecule has 90 valence electrons. The number of primary amides is 1. The second kappa shape index (κ2) is 7.65. The second-order valence-corrected chi connectivity index (χ2v) is 4.39. The summed E-state index contributed by atoms with van der Waals surface area (Å²) < 4.78 is 5.30. The summed E-state index contributed by atoms with van der Waals surface area (Å²) in [5, 5.41) is 3.32. The van der Waals surface area contributed by atoms with E-state index in [2.05, 4.69) is 19.2 Å². The van der Waals surface area contributed by atoms with Crippen molar-refractivity contribution in [1.29, 1.82) is 0 Å². The van der Waals surface area contributed by atoms with Gasteiger partial charge in [0, 0.05) is 13.5 Å². The molecule has 1 amide bonds. The van der Waals surface area contributed by atoms with Gasteiger partial charge in [-0.2, -0.15) is 0 Å². The molecular formula is C11H24N2O2. The smallest absolute Gasteiger partial charge is 0.217 e. The highest BCUT2D eigenvalue weighted by Gasteiger charge is 2.14. The average Bonchev–Trinajstić information content (AvgIpc) is 2.16. The van der Waals surface area contributed by atoms with Gasteiger partial charge in [-0.05, 0) is 46.2 Å². The molecule has 4 heteroatoms. The van der Waals surface area contributed by atoms with Crippen molar-refractivity contribution in [3.05, 3.63) is 0 Å². The lowest BCUT2D eigenvalue weighted by Crippen LogP contribution is -2.29. The lowest BCUT2D eigenvalue weighted by atomic mass is 10.1. The molecule has 0 radical (unpaired) electrons. The first-order valence-corrected chi connectivity index (χ1v) is 5.52. The molecule has 0 aliphatic heterocycles. The van der Waals surface area contributed by atoms with Crippen LogP contribution in [0.3, 0.4) is 0 Å². The molecule has 0 saturated carbocycles. The average molecular weight is 216 g/mol. The van der Waals surface area contributed by atoms with Crippen LogP contribution in [-0.4, -0.2) is 31.7 Å². The van der Waals surface area contributed by atoms with Gasteiger partial charge in [0.15, 0.2) is 0 Å². The number of ether oxygens (including phenoxy) is 1. The van der Waals surface area contributed by atoms with E-state index in [9.17, 15) is 4.79 Å². The van der Waals surface area contributed by atoms with Crippen molar-refractivity contribution in [2.75, 3.05) is 20.2 Å². The molecule has 4 nitrogen and oxygen atoms in total. The fourth-order valence-electron chi connectivity index (χ4n) is 1.17. The van der Waals surface area contributed by atoms with Crippen molar-refractivity contribution < 1.29 is 9.53 Å². The zero-order valence-electron chi connectivity index (χ0n) is 10.1. The van der Waals surface area contributed by atoms with Gasteiger partial charge in [0.05, 0.1) is 5.60 Å². The van der Waals surface area contributed by atoms with Crippen molar-refractivity contribution in [2.45, 2.75) is 45.1 Å². The van der Waals surface area contributed by atoms with E-state index in [1.165, 1.54) is 0 Å². The van der Waals surface area contributed by atoms with Crippen LogP contribution < -0.4 is 11.1 Å². The number of methoxy groups -OCH3 is 1. The number of hydrogen-bond donors (Lipinski definition) is 2. The highest BCUT2D eigenvalue weighted by molar-refractivity contribution is 5.73. The fraction of sp³-hybridized carbons (Fsp3) is 0.909. The van der Waals surface area contributed by atoms with Crippen LogP contribution in [0.4, 0.5) is 0 Å². The Balaban J connectivity index is 3.22. The van der Waals surface area contributed by atoms with Crippen LogP contribution in [0.2, 0.25) is 0 Å². The number of hydrogen-bond acceptors (Lipinski definition) is 3. The van der Waals surface area contributed by atoms with Gasteiger partial charge in [-0.3, -0.25) is 4.79 Å². The number of nitrogens with two attached hydrogens (primary N) is 1. The van der Waals surface area contributed by atoms with E-state index in [0.717, 1.165) is 32.4 Å². The number of unbranched alkanes of at least 4 members (excludes halogenated alkanes) is 1. The minimum Gasteiger partial charge on any atom is -0.379 e. The second-order valence-electron chi connectivity index (χ2n) is 4.39.